The van der Waals surface area contributed by atoms with Crippen molar-refractivity contribution >= 4 is 11.7 Å². The van der Waals surface area contributed by atoms with Crippen LogP contribution in [0.1, 0.15) is 24.2 Å². The summed E-state index contributed by atoms with van der Waals surface area (Å²) in [4.78, 5) is 14.4. The van der Waals surface area contributed by atoms with Crippen LogP contribution < -0.4 is 5.32 Å². The molecule has 6 heteroatoms. The van der Waals surface area contributed by atoms with Crippen LogP contribution in [0.4, 0.5) is 5.82 Å². The summed E-state index contributed by atoms with van der Waals surface area (Å²) < 4.78 is 10.7. The lowest BCUT2D eigenvalue weighted by Gasteiger charge is -2.24. The molecule has 0 saturated carbocycles. The predicted octanol–water partition coefficient (Wildman–Crippen LogP) is 2.60. The molecular formula is C18H23N3O3. The number of nitrogens with zero attached hydrogens (tertiary/aromatic N) is 2. The van der Waals surface area contributed by atoms with Crippen LogP contribution >= 0.6 is 0 Å². The lowest BCUT2D eigenvalue weighted by atomic mass is 10.2. The maximum absolute atomic E-state index is 12.3. The largest absolute Gasteiger partial charge is 0.377 e. The average molecular weight is 329 g/mol. The van der Waals surface area contributed by atoms with Crippen molar-refractivity contribution in [3.8, 4) is 0 Å². The van der Waals surface area contributed by atoms with E-state index in [1.807, 2.05) is 18.2 Å². The molecule has 24 heavy (non-hydrogen) atoms. The van der Waals surface area contributed by atoms with E-state index in [0.717, 1.165) is 26.0 Å². The van der Waals surface area contributed by atoms with Crippen molar-refractivity contribution in [2.24, 2.45) is 0 Å². The highest BCUT2D eigenvalue weighted by molar-refractivity contribution is 5.91. The first-order valence-corrected chi connectivity index (χ1v) is 8.30. The van der Waals surface area contributed by atoms with Gasteiger partial charge in [0.25, 0.3) is 0 Å². The summed E-state index contributed by atoms with van der Waals surface area (Å²) in [5.41, 5.74) is 1.18. The van der Waals surface area contributed by atoms with E-state index in [2.05, 4.69) is 27.5 Å². The summed E-state index contributed by atoms with van der Waals surface area (Å²) in [5, 5.41) is 6.58. The van der Waals surface area contributed by atoms with Crippen LogP contribution in [-0.4, -0.2) is 41.8 Å². The van der Waals surface area contributed by atoms with Crippen molar-refractivity contribution in [2.75, 3.05) is 25.0 Å². The molecule has 6 nitrogen and oxygen atoms in total. The third kappa shape index (κ3) is 4.91. The third-order valence-electron chi connectivity index (χ3n) is 4.00. The molecular weight excluding hydrogens is 306 g/mol. The van der Waals surface area contributed by atoms with Gasteiger partial charge in [-0.3, -0.25) is 9.69 Å². The summed E-state index contributed by atoms with van der Waals surface area (Å²) in [6.45, 7) is 4.36. The van der Waals surface area contributed by atoms with Gasteiger partial charge in [-0.05, 0) is 25.3 Å². The fourth-order valence-corrected chi connectivity index (χ4v) is 2.91. The Labute approximate surface area is 141 Å². The van der Waals surface area contributed by atoms with Crippen LogP contribution in [0.3, 0.4) is 0 Å². The number of hydrogen-bond donors (Lipinski definition) is 1. The molecule has 0 radical (unpaired) electrons. The molecule has 1 N–H and O–H groups in total. The summed E-state index contributed by atoms with van der Waals surface area (Å²) in [5.74, 6) is 1.03. The van der Waals surface area contributed by atoms with Crippen molar-refractivity contribution in [1.82, 2.24) is 10.1 Å². The number of ether oxygens (including phenoxy) is 1. The Morgan fingerprint density at radius 1 is 1.38 bits per heavy atom. The number of aromatic nitrogens is 1. The molecule has 0 aliphatic carbocycles. The van der Waals surface area contributed by atoms with Gasteiger partial charge in [-0.15, -0.1) is 0 Å². The number of hydrogen-bond acceptors (Lipinski definition) is 5. The molecule has 2 heterocycles. The van der Waals surface area contributed by atoms with Crippen LogP contribution in [0, 0.1) is 6.92 Å². The zero-order valence-electron chi connectivity index (χ0n) is 13.9. The first kappa shape index (κ1) is 16.7. The molecule has 1 amide bonds. The maximum atomic E-state index is 12.3. The minimum atomic E-state index is -0.0998. The molecule has 1 fully saturated rings. The van der Waals surface area contributed by atoms with Crippen molar-refractivity contribution in [2.45, 2.75) is 32.4 Å². The maximum Gasteiger partial charge on any atom is 0.239 e. The standard InChI is InChI=1S/C18H23N3O3/c1-14-10-17(20-24-14)19-18(22)13-21(12-16-8-5-9-23-16)11-15-6-3-2-4-7-15/h2-4,6-7,10,16H,5,8-9,11-13H2,1H3,(H,19,20,22). The van der Waals surface area contributed by atoms with E-state index in [4.69, 9.17) is 9.26 Å². The molecule has 1 aliphatic rings. The molecule has 1 saturated heterocycles. The van der Waals surface area contributed by atoms with E-state index in [-0.39, 0.29) is 12.0 Å². The van der Waals surface area contributed by atoms with Crippen molar-refractivity contribution < 1.29 is 14.1 Å². The number of nitrogens with one attached hydrogen (secondary N) is 1. The summed E-state index contributed by atoms with van der Waals surface area (Å²) >= 11 is 0. The van der Waals surface area contributed by atoms with Crippen LogP contribution in [0.2, 0.25) is 0 Å². The number of rotatable bonds is 7. The normalized spacial score (nSPS) is 17.3. The van der Waals surface area contributed by atoms with Crippen molar-refractivity contribution in [3.05, 3.63) is 47.7 Å². The van der Waals surface area contributed by atoms with Crippen LogP contribution in [-0.2, 0) is 16.1 Å². The van der Waals surface area contributed by atoms with E-state index in [1.54, 1.807) is 13.0 Å². The summed E-state index contributed by atoms with van der Waals surface area (Å²) in [6, 6.07) is 11.9. The van der Waals surface area contributed by atoms with Crippen LogP contribution in [0.25, 0.3) is 0 Å². The highest BCUT2D eigenvalue weighted by Gasteiger charge is 2.21. The van der Waals surface area contributed by atoms with Gasteiger partial charge < -0.3 is 14.6 Å². The number of anilines is 1. The number of carbonyl (C=O) groups is 1. The number of amides is 1. The zero-order valence-corrected chi connectivity index (χ0v) is 13.9. The molecule has 0 bridgehead atoms. The predicted molar refractivity (Wildman–Crippen MR) is 90.6 cm³/mol. The molecule has 2 aromatic rings. The highest BCUT2D eigenvalue weighted by atomic mass is 16.5. The van der Waals surface area contributed by atoms with Gasteiger partial charge in [0.1, 0.15) is 5.76 Å². The highest BCUT2D eigenvalue weighted by Crippen LogP contribution is 2.15. The Kier molecular flexibility index (Phi) is 5.61. The molecule has 1 atom stereocenters. The summed E-state index contributed by atoms with van der Waals surface area (Å²) in [7, 11) is 0. The van der Waals surface area contributed by atoms with E-state index >= 15 is 0 Å². The first-order valence-electron chi connectivity index (χ1n) is 8.30. The minimum Gasteiger partial charge on any atom is -0.377 e. The van der Waals surface area contributed by atoms with Crippen molar-refractivity contribution in [3.63, 3.8) is 0 Å². The van der Waals surface area contributed by atoms with Gasteiger partial charge in [0.05, 0.1) is 12.6 Å². The molecule has 1 unspecified atom stereocenters. The van der Waals surface area contributed by atoms with Gasteiger partial charge in [-0.2, -0.15) is 0 Å². The third-order valence-corrected chi connectivity index (χ3v) is 4.00. The monoisotopic (exact) mass is 329 g/mol. The minimum absolute atomic E-state index is 0.0998. The van der Waals surface area contributed by atoms with E-state index in [0.29, 0.717) is 24.7 Å². The van der Waals surface area contributed by atoms with Crippen LogP contribution in [0.15, 0.2) is 40.9 Å². The van der Waals surface area contributed by atoms with Gasteiger partial charge in [0.15, 0.2) is 5.82 Å². The van der Waals surface area contributed by atoms with Gasteiger partial charge in [-0.1, -0.05) is 35.5 Å². The second-order valence-electron chi connectivity index (χ2n) is 6.16. The quantitative estimate of drug-likeness (QED) is 0.846. The number of carbonyl (C=O) groups excluding carboxylic acids is 1. The Bertz CT molecular complexity index is 651. The average Bonchev–Trinajstić information content (AvgIpc) is 3.20. The molecule has 128 valence electrons. The second-order valence-corrected chi connectivity index (χ2v) is 6.16. The van der Waals surface area contributed by atoms with E-state index in [1.165, 1.54) is 5.56 Å². The molecule has 1 aliphatic heterocycles. The molecule has 0 spiro atoms. The smallest absolute Gasteiger partial charge is 0.239 e. The Balaban J connectivity index is 1.60. The first-order chi connectivity index (χ1) is 11.7. The molecule has 1 aromatic heterocycles. The van der Waals surface area contributed by atoms with Gasteiger partial charge in [0.2, 0.25) is 5.91 Å². The van der Waals surface area contributed by atoms with E-state index < -0.39 is 0 Å². The van der Waals surface area contributed by atoms with Crippen LogP contribution in [0.5, 0.6) is 0 Å². The lowest BCUT2D eigenvalue weighted by Crippen LogP contribution is -2.38. The van der Waals surface area contributed by atoms with Gasteiger partial charge >= 0.3 is 0 Å². The Hall–Kier alpha value is -2.18. The van der Waals surface area contributed by atoms with Gasteiger partial charge in [-0.25, -0.2) is 0 Å². The molecule has 1 aromatic carbocycles. The van der Waals surface area contributed by atoms with Gasteiger partial charge in [0, 0.05) is 25.8 Å². The number of benzene rings is 1. The topological polar surface area (TPSA) is 67.6 Å². The van der Waals surface area contributed by atoms with E-state index in [9.17, 15) is 4.79 Å². The van der Waals surface area contributed by atoms with Crippen molar-refractivity contribution in [1.29, 1.82) is 0 Å². The second kappa shape index (κ2) is 8.08. The fourth-order valence-electron chi connectivity index (χ4n) is 2.91. The summed E-state index contributed by atoms with van der Waals surface area (Å²) in [6.07, 6.45) is 2.35. The zero-order chi connectivity index (χ0) is 16.8. The Morgan fingerprint density at radius 2 is 2.21 bits per heavy atom. The number of aryl methyl sites for hydroxylation is 1. The fraction of sp³-hybridized carbons (Fsp3) is 0.444. The lowest BCUT2D eigenvalue weighted by molar-refractivity contribution is -0.117. The Morgan fingerprint density at radius 3 is 2.88 bits per heavy atom. The SMILES string of the molecule is Cc1cc(NC(=O)CN(Cc2ccccc2)CC2CCCO2)no1. The molecule has 3 rings (SSSR count).